The number of nitrogens with zero attached hydrogens (tertiary/aromatic N) is 3. The maximum absolute atomic E-state index is 12.8. The van der Waals surface area contributed by atoms with Crippen LogP contribution < -0.4 is 10.2 Å². The van der Waals surface area contributed by atoms with Crippen LogP contribution in [0, 0.1) is 12.8 Å². The first kappa shape index (κ1) is 21.9. The van der Waals surface area contributed by atoms with Gasteiger partial charge in [-0.1, -0.05) is 34.5 Å². The Balaban J connectivity index is 1.74. The highest BCUT2D eigenvalue weighted by molar-refractivity contribution is 7.17. The Bertz CT molecular complexity index is 913. The van der Waals surface area contributed by atoms with Gasteiger partial charge in [-0.05, 0) is 27.4 Å². The summed E-state index contributed by atoms with van der Waals surface area (Å²) in [5, 5.41) is 13.5. The van der Waals surface area contributed by atoms with E-state index in [9.17, 15) is 9.59 Å². The molecule has 0 aromatic carbocycles. The maximum Gasteiger partial charge on any atom is 0.347 e. The third-order valence-corrected chi connectivity index (χ3v) is 6.90. The molecule has 1 fully saturated rings. The van der Waals surface area contributed by atoms with E-state index in [1.165, 1.54) is 6.20 Å². The normalized spacial score (nSPS) is 19.6. The van der Waals surface area contributed by atoms with E-state index in [4.69, 9.17) is 28.3 Å². The van der Waals surface area contributed by atoms with Crippen molar-refractivity contribution in [3.05, 3.63) is 32.5 Å². The number of carbonyl (C=O) groups is 2. The fourth-order valence-corrected chi connectivity index (χ4v) is 4.73. The van der Waals surface area contributed by atoms with E-state index in [-0.39, 0.29) is 33.5 Å². The van der Waals surface area contributed by atoms with Crippen molar-refractivity contribution in [3.63, 3.8) is 0 Å². The lowest BCUT2D eigenvalue weighted by Crippen LogP contribution is -2.53. The van der Waals surface area contributed by atoms with Gasteiger partial charge in [0.15, 0.2) is 5.13 Å². The third-order valence-electron chi connectivity index (χ3n) is 4.91. The second kappa shape index (κ2) is 8.91. The molecule has 3 heterocycles. The van der Waals surface area contributed by atoms with Crippen LogP contribution in [0.25, 0.3) is 0 Å². The molecule has 0 aliphatic carbocycles. The van der Waals surface area contributed by atoms with Gasteiger partial charge in [-0.15, -0.1) is 0 Å². The molecule has 8 nitrogen and oxygen atoms in total. The minimum absolute atomic E-state index is 0.0569. The van der Waals surface area contributed by atoms with Crippen molar-refractivity contribution < 1.29 is 14.7 Å². The van der Waals surface area contributed by atoms with Crippen LogP contribution in [0.1, 0.15) is 32.3 Å². The first-order valence-electron chi connectivity index (χ1n) is 9.10. The topological polar surface area (TPSA) is 102 Å². The number of anilines is 1. The second-order valence-electron chi connectivity index (χ2n) is 7.40. The summed E-state index contributed by atoms with van der Waals surface area (Å²) in [6, 6.07) is -0.0569. The van der Waals surface area contributed by atoms with Gasteiger partial charge in [0.1, 0.15) is 10.6 Å². The number of aromatic carboxylic acids is 1. The number of amides is 1. The number of aromatic amines is 1. The number of halogens is 2. The van der Waals surface area contributed by atoms with E-state index in [1.807, 2.05) is 14.1 Å². The molecule has 0 bridgehead atoms. The molecule has 1 aliphatic heterocycles. The average molecular weight is 460 g/mol. The zero-order valence-electron chi connectivity index (χ0n) is 16.3. The largest absolute Gasteiger partial charge is 0.477 e. The van der Waals surface area contributed by atoms with E-state index in [0.717, 1.165) is 17.9 Å². The number of hydrogen-bond donors (Lipinski definition) is 3. The number of carboxylic acids is 1. The molecular weight excluding hydrogens is 437 g/mol. The molecule has 158 valence electrons. The lowest BCUT2D eigenvalue weighted by atomic mass is 9.91. The Hall–Kier alpha value is -1.81. The van der Waals surface area contributed by atoms with Gasteiger partial charge in [0.05, 0.1) is 16.2 Å². The molecule has 1 amide bonds. The molecule has 1 saturated heterocycles. The smallest absolute Gasteiger partial charge is 0.347 e. The van der Waals surface area contributed by atoms with Crippen LogP contribution in [-0.2, 0) is 0 Å². The number of thiazole rings is 1. The number of H-pyrrole nitrogens is 1. The number of rotatable bonds is 6. The second-order valence-corrected chi connectivity index (χ2v) is 9.17. The first-order chi connectivity index (χ1) is 13.7. The van der Waals surface area contributed by atoms with E-state index in [2.05, 4.69) is 25.1 Å². The van der Waals surface area contributed by atoms with E-state index in [1.54, 1.807) is 6.92 Å². The van der Waals surface area contributed by atoms with Gasteiger partial charge in [0.25, 0.3) is 5.91 Å². The zero-order chi connectivity index (χ0) is 21.3. The molecule has 0 radical (unpaired) electrons. The third kappa shape index (κ3) is 4.85. The van der Waals surface area contributed by atoms with Crippen molar-refractivity contribution in [2.45, 2.75) is 19.4 Å². The van der Waals surface area contributed by atoms with Gasteiger partial charge >= 0.3 is 5.97 Å². The number of carbonyl (C=O) groups excluding carboxylic acids is 1. The van der Waals surface area contributed by atoms with Crippen molar-refractivity contribution in [2.75, 3.05) is 38.6 Å². The minimum Gasteiger partial charge on any atom is -0.477 e. The van der Waals surface area contributed by atoms with E-state index >= 15 is 0 Å². The van der Waals surface area contributed by atoms with Crippen LogP contribution in [-0.4, -0.2) is 71.6 Å². The first-order valence-corrected chi connectivity index (χ1v) is 10.7. The van der Waals surface area contributed by atoms with E-state index in [0.29, 0.717) is 35.4 Å². The molecule has 3 N–H and O–H groups in total. The highest BCUT2D eigenvalue weighted by Gasteiger charge is 2.33. The van der Waals surface area contributed by atoms with Crippen LogP contribution in [0.2, 0.25) is 10.0 Å². The van der Waals surface area contributed by atoms with Crippen molar-refractivity contribution in [2.24, 2.45) is 5.92 Å². The Morgan fingerprint density at radius 2 is 2.14 bits per heavy atom. The molecule has 0 unspecified atom stereocenters. The van der Waals surface area contributed by atoms with Crippen LogP contribution in [0.5, 0.6) is 0 Å². The summed E-state index contributed by atoms with van der Waals surface area (Å²) in [4.78, 5) is 35.5. The van der Waals surface area contributed by atoms with Gasteiger partial charge in [0.2, 0.25) is 0 Å². The molecule has 29 heavy (non-hydrogen) atoms. The fourth-order valence-electron chi connectivity index (χ4n) is 3.53. The summed E-state index contributed by atoms with van der Waals surface area (Å²) in [6.45, 7) is 3.85. The van der Waals surface area contributed by atoms with Crippen molar-refractivity contribution in [3.8, 4) is 0 Å². The van der Waals surface area contributed by atoms with Crippen LogP contribution in [0.3, 0.4) is 0 Å². The number of piperidine rings is 1. The summed E-state index contributed by atoms with van der Waals surface area (Å²) < 4.78 is 0. The van der Waals surface area contributed by atoms with Crippen molar-refractivity contribution >= 4 is 51.5 Å². The summed E-state index contributed by atoms with van der Waals surface area (Å²) in [5.41, 5.74) is 0.922. The predicted octanol–water partition coefficient (Wildman–Crippen LogP) is 2.97. The fraction of sp³-hybridized carbons (Fsp3) is 0.500. The highest BCUT2D eigenvalue weighted by atomic mass is 35.5. The number of carboxylic acid groups (broad SMARTS) is 1. The summed E-state index contributed by atoms with van der Waals surface area (Å²) in [5.74, 6) is -1.13. The Kier molecular flexibility index (Phi) is 6.72. The van der Waals surface area contributed by atoms with Crippen LogP contribution >= 0.6 is 34.5 Å². The van der Waals surface area contributed by atoms with Gasteiger partial charge in [-0.25, -0.2) is 9.78 Å². The highest BCUT2D eigenvalue weighted by Crippen LogP contribution is 2.31. The Labute approximate surface area is 182 Å². The van der Waals surface area contributed by atoms with Gasteiger partial charge in [-0.2, -0.15) is 0 Å². The van der Waals surface area contributed by atoms with Gasteiger partial charge in [0, 0.05) is 37.3 Å². The van der Waals surface area contributed by atoms with Crippen LogP contribution in [0.15, 0.2) is 6.20 Å². The molecule has 1 aliphatic rings. The molecule has 2 aromatic rings. The monoisotopic (exact) mass is 459 g/mol. The SMILES string of the molecule is Cc1[nH]c(C(=O)N[C@H]2CCN(c3ncc(C(=O)O)s3)C[C@H]2CN(C)C)c(Cl)c1Cl. The maximum atomic E-state index is 12.8. The number of aryl methyl sites for hydroxylation is 1. The summed E-state index contributed by atoms with van der Waals surface area (Å²) in [7, 11) is 3.96. The van der Waals surface area contributed by atoms with Crippen molar-refractivity contribution in [1.82, 2.24) is 20.2 Å². The quantitative estimate of drug-likeness (QED) is 0.613. The number of aromatic nitrogens is 2. The lowest BCUT2D eigenvalue weighted by molar-refractivity contribution is 0.0701. The average Bonchev–Trinajstić information content (AvgIpc) is 3.24. The summed E-state index contributed by atoms with van der Waals surface area (Å²) >= 11 is 13.4. The molecule has 3 rings (SSSR count). The Morgan fingerprint density at radius 1 is 1.41 bits per heavy atom. The molecule has 0 saturated carbocycles. The van der Waals surface area contributed by atoms with Gasteiger partial charge in [-0.3, -0.25) is 4.79 Å². The van der Waals surface area contributed by atoms with Crippen molar-refractivity contribution in [1.29, 1.82) is 0 Å². The molecule has 2 atom stereocenters. The summed E-state index contributed by atoms with van der Waals surface area (Å²) in [6.07, 6.45) is 2.09. The molecule has 2 aromatic heterocycles. The number of hydrogen-bond acceptors (Lipinski definition) is 6. The van der Waals surface area contributed by atoms with E-state index < -0.39 is 5.97 Å². The minimum atomic E-state index is -0.975. The number of nitrogens with one attached hydrogen (secondary N) is 2. The van der Waals surface area contributed by atoms with Gasteiger partial charge < -0.3 is 25.2 Å². The van der Waals surface area contributed by atoms with Crippen LogP contribution in [0.4, 0.5) is 5.13 Å². The zero-order valence-corrected chi connectivity index (χ0v) is 18.7. The Morgan fingerprint density at radius 3 is 2.69 bits per heavy atom. The molecule has 0 spiro atoms. The molecular formula is C18H23Cl2N5O3S. The standard InChI is InChI=1S/C18H23Cl2N5O3S/c1-9-13(19)14(20)15(22-9)16(26)23-11-4-5-25(8-10(11)7-24(2)3)18-21-6-12(29-18)17(27)28/h6,10-11,22H,4-5,7-8H2,1-3H3,(H,23,26)(H,27,28)/t10-,11+/m1/s1. The predicted molar refractivity (Wildman–Crippen MR) is 115 cm³/mol. The lowest BCUT2D eigenvalue weighted by Gasteiger charge is -2.40. The molecule has 11 heteroatoms.